The predicted octanol–water partition coefficient (Wildman–Crippen LogP) is 5.05. The molecule has 3 rings (SSSR count). The minimum atomic E-state index is -0.510. The van der Waals surface area contributed by atoms with E-state index in [2.05, 4.69) is 0 Å². The molecule has 23 heavy (non-hydrogen) atoms. The topological polar surface area (TPSA) is 65.1 Å². The number of nitro benzene ring substituents is 1. The third kappa shape index (κ3) is 2.69. The molecule has 0 unspecified atom stereocenters. The van der Waals surface area contributed by atoms with Crippen molar-refractivity contribution in [3.05, 3.63) is 68.3 Å². The number of benzene rings is 2. The van der Waals surface area contributed by atoms with Crippen LogP contribution in [0.5, 0.6) is 0 Å². The maximum atomic E-state index is 11.9. The molecule has 0 amide bonds. The summed E-state index contributed by atoms with van der Waals surface area (Å²) in [5.41, 5.74) is 1.72. The maximum absolute atomic E-state index is 11.9. The Hall–Kier alpha value is -2.37. The zero-order valence-corrected chi connectivity index (χ0v) is 13.4. The van der Waals surface area contributed by atoms with Gasteiger partial charge in [-0.3, -0.25) is 14.9 Å². The molecule has 0 radical (unpaired) electrons. The Labute approximate surface area is 141 Å². The van der Waals surface area contributed by atoms with Gasteiger partial charge in [-0.1, -0.05) is 23.2 Å². The average molecular weight is 349 g/mol. The van der Waals surface area contributed by atoms with Crippen LogP contribution in [0.25, 0.3) is 16.6 Å². The Kier molecular flexibility index (Phi) is 3.83. The summed E-state index contributed by atoms with van der Waals surface area (Å²) in [6, 6.07) is 9.41. The van der Waals surface area contributed by atoms with Crippen molar-refractivity contribution in [3.8, 4) is 5.69 Å². The van der Waals surface area contributed by atoms with E-state index in [-0.39, 0.29) is 16.5 Å². The van der Waals surface area contributed by atoms with Crippen LogP contribution < -0.4 is 0 Å². The van der Waals surface area contributed by atoms with Crippen LogP contribution in [-0.2, 0) is 0 Å². The van der Waals surface area contributed by atoms with Gasteiger partial charge in [0.05, 0.1) is 21.2 Å². The van der Waals surface area contributed by atoms with Crippen LogP contribution in [0.15, 0.2) is 42.6 Å². The highest BCUT2D eigenvalue weighted by molar-refractivity contribution is 6.33. The van der Waals surface area contributed by atoms with Crippen molar-refractivity contribution in [2.75, 3.05) is 0 Å². The summed E-state index contributed by atoms with van der Waals surface area (Å²) in [4.78, 5) is 22.2. The SMILES string of the molecule is CC(=O)c1cn(-c2ccc([N+](=O)[O-])cc2Cl)c2ccc(Cl)cc12. The number of nitro groups is 1. The van der Waals surface area contributed by atoms with Crippen LogP contribution in [0, 0.1) is 10.1 Å². The Morgan fingerprint density at radius 3 is 2.52 bits per heavy atom. The molecule has 3 aromatic rings. The zero-order chi connectivity index (χ0) is 16.7. The van der Waals surface area contributed by atoms with Crippen molar-refractivity contribution in [3.63, 3.8) is 0 Å². The largest absolute Gasteiger partial charge is 0.314 e. The summed E-state index contributed by atoms with van der Waals surface area (Å²) in [7, 11) is 0. The second kappa shape index (κ2) is 5.68. The Balaban J connectivity index is 2.28. The Morgan fingerprint density at radius 1 is 1.17 bits per heavy atom. The first-order valence-electron chi connectivity index (χ1n) is 6.64. The minimum absolute atomic E-state index is 0.0925. The van der Waals surface area contributed by atoms with Gasteiger partial charge in [0.15, 0.2) is 5.78 Å². The van der Waals surface area contributed by atoms with Crippen molar-refractivity contribution >= 4 is 45.6 Å². The van der Waals surface area contributed by atoms with Gasteiger partial charge in [-0.15, -0.1) is 0 Å². The molecule has 2 aromatic carbocycles. The number of Topliss-reactive ketones (excluding diaryl/α,β-unsaturated/α-hetero) is 1. The quantitative estimate of drug-likeness (QED) is 0.378. The average Bonchev–Trinajstić information content (AvgIpc) is 2.85. The molecular formula is C16H10Cl2N2O3. The van der Waals surface area contributed by atoms with Gasteiger partial charge in [0, 0.05) is 34.3 Å². The molecule has 5 nitrogen and oxygen atoms in total. The van der Waals surface area contributed by atoms with Crippen LogP contribution in [0.1, 0.15) is 17.3 Å². The second-order valence-corrected chi connectivity index (χ2v) is 5.87. The third-order valence-electron chi connectivity index (χ3n) is 3.55. The van der Waals surface area contributed by atoms with Crippen molar-refractivity contribution in [2.24, 2.45) is 0 Å². The number of rotatable bonds is 3. The lowest BCUT2D eigenvalue weighted by Crippen LogP contribution is -1.95. The van der Waals surface area contributed by atoms with Gasteiger partial charge in [-0.2, -0.15) is 0 Å². The maximum Gasteiger partial charge on any atom is 0.271 e. The first kappa shape index (κ1) is 15.5. The van der Waals surface area contributed by atoms with Gasteiger partial charge in [-0.05, 0) is 31.2 Å². The van der Waals surface area contributed by atoms with E-state index in [0.29, 0.717) is 21.7 Å². The molecule has 0 spiro atoms. The number of nitrogens with zero attached hydrogens (tertiary/aromatic N) is 2. The molecule has 7 heteroatoms. The minimum Gasteiger partial charge on any atom is -0.314 e. The number of carbonyl (C=O) groups excluding carboxylic acids is 1. The molecular weight excluding hydrogens is 339 g/mol. The van der Waals surface area contributed by atoms with E-state index in [1.165, 1.54) is 19.1 Å². The first-order valence-corrected chi connectivity index (χ1v) is 7.40. The molecule has 1 heterocycles. The molecule has 0 fully saturated rings. The van der Waals surface area contributed by atoms with Gasteiger partial charge in [0.25, 0.3) is 5.69 Å². The molecule has 0 saturated heterocycles. The van der Waals surface area contributed by atoms with Crippen LogP contribution in [0.2, 0.25) is 10.0 Å². The lowest BCUT2D eigenvalue weighted by molar-refractivity contribution is -0.384. The van der Waals surface area contributed by atoms with Crippen LogP contribution in [0.3, 0.4) is 0 Å². The molecule has 1 aromatic heterocycles. The van der Waals surface area contributed by atoms with Crippen LogP contribution in [-0.4, -0.2) is 15.3 Å². The highest BCUT2D eigenvalue weighted by Crippen LogP contribution is 2.32. The van der Waals surface area contributed by atoms with E-state index in [9.17, 15) is 14.9 Å². The van der Waals surface area contributed by atoms with Crippen molar-refractivity contribution < 1.29 is 9.72 Å². The molecule has 116 valence electrons. The smallest absolute Gasteiger partial charge is 0.271 e. The summed E-state index contributed by atoms with van der Waals surface area (Å²) in [5, 5.41) is 12.3. The van der Waals surface area contributed by atoms with E-state index >= 15 is 0 Å². The van der Waals surface area contributed by atoms with Crippen molar-refractivity contribution in [2.45, 2.75) is 6.92 Å². The number of carbonyl (C=O) groups is 1. The molecule has 0 bridgehead atoms. The summed E-state index contributed by atoms with van der Waals surface area (Å²) in [5.74, 6) is -0.103. The lowest BCUT2D eigenvalue weighted by Gasteiger charge is -2.07. The van der Waals surface area contributed by atoms with Gasteiger partial charge < -0.3 is 4.57 Å². The van der Waals surface area contributed by atoms with Crippen LogP contribution >= 0.6 is 23.2 Å². The van der Waals surface area contributed by atoms with E-state index in [1.54, 1.807) is 35.0 Å². The summed E-state index contributed by atoms with van der Waals surface area (Å²) in [6.07, 6.45) is 1.66. The second-order valence-electron chi connectivity index (χ2n) is 5.02. The van der Waals surface area contributed by atoms with Crippen LogP contribution in [0.4, 0.5) is 5.69 Å². The number of fused-ring (bicyclic) bond motifs is 1. The Morgan fingerprint density at radius 2 is 1.91 bits per heavy atom. The Bertz CT molecular complexity index is 963. The normalized spacial score (nSPS) is 10.9. The van der Waals surface area contributed by atoms with E-state index in [0.717, 1.165) is 5.52 Å². The molecule has 0 atom stereocenters. The summed E-state index contributed by atoms with van der Waals surface area (Å²) < 4.78 is 1.73. The summed E-state index contributed by atoms with van der Waals surface area (Å²) in [6.45, 7) is 1.47. The molecule has 0 N–H and O–H groups in total. The monoisotopic (exact) mass is 348 g/mol. The van der Waals surface area contributed by atoms with E-state index in [1.807, 2.05) is 0 Å². The predicted molar refractivity (Wildman–Crippen MR) is 90.0 cm³/mol. The molecule has 0 aliphatic heterocycles. The number of non-ortho nitro benzene ring substituents is 1. The lowest BCUT2D eigenvalue weighted by atomic mass is 10.1. The fraction of sp³-hybridized carbons (Fsp3) is 0.0625. The fourth-order valence-electron chi connectivity index (χ4n) is 2.49. The summed E-state index contributed by atoms with van der Waals surface area (Å²) >= 11 is 12.2. The standard InChI is InChI=1S/C16H10Cl2N2O3/c1-9(21)13-8-19(15-4-2-10(17)6-12(13)15)16-5-3-11(20(22)23)7-14(16)18/h2-8H,1H3. The number of aromatic nitrogens is 1. The zero-order valence-electron chi connectivity index (χ0n) is 11.9. The number of ketones is 1. The molecule has 0 aliphatic rings. The first-order chi connectivity index (χ1) is 10.9. The fourth-order valence-corrected chi connectivity index (χ4v) is 2.92. The highest BCUT2D eigenvalue weighted by atomic mass is 35.5. The van der Waals surface area contributed by atoms with Crippen molar-refractivity contribution in [1.29, 1.82) is 0 Å². The molecule has 0 saturated carbocycles. The van der Waals surface area contributed by atoms with Gasteiger partial charge in [0.1, 0.15) is 0 Å². The number of hydrogen-bond acceptors (Lipinski definition) is 3. The van der Waals surface area contributed by atoms with E-state index < -0.39 is 4.92 Å². The van der Waals surface area contributed by atoms with Gasteiger partial charge >= 0.3 is 0 Å². The molecule has 0 aliphatic carbocycles. The number of hydrogen-bond donors (Lipinski definition) is 0. The highest BCUT2D eigenvalue weighted by Gasteiger charge is 2.17. The van der Waals surface area contributed by atoms with Gasteiger partial charge in [0.2, 0.25) is 0 Å². The van der Waals surface area contributed by atoms with Crippen molar-refractivity contribution in [1.82, 2.24) is 4.57 Å². The number of halogens is 2. The van der Waals surface area contributed by atoms with E-state index in [4.69, 9.17) is 23.2 Å². The van der Waals surface area contributed by atoms with Gasteiger partial charge in [-0.25, -0.2) is 0 Å². The third-order valence-corrected chi connectivity index (χ3v) is 4.09.